The lowest BCUT2D eigenvalue weighted by atomic mass is 10.0. The lowest BCUT2D eigenvalue weighted by molar-refractivity contribution is 0.104. The van der Waals surface area contributed by atoms with Gasteiger partial charge in [-0.3, -0.25) is 4.79 Å². The van der Waals surface area contributed by atoms with Gasteiger partial charge in [-0.2, -0.15) is 5.26 Å². The summed E-state index contributed by atoms with van der Waals surface area (Å²) in [6.07, 6.45) is 1.57. The molecule has 4 heteroatoms. The first-order valence-electron chi connectivity index (χ1n) is 6.59. The number of thiophene rings is 1. The Morgan fingerprint density at radius 1 is 1.09 bits per heavy atom. The maximum atomic E-state index is 12.4. The fraction of sp³-hybridized carbons (Fsp3) is 0. The van der Waals surface area contributed by atoms with E-state index in [-0.39, 0.29) is 11.4 Å². The fourth-order valence-electron chi connectivity index (χ4n) is 2.15. The number of carbonyl (C=O) groups excluding carboxylic acids is 1. The van der Waals surface area contributed by atoms with Gasteiger partial charge in [-0.25, -0.2) is 0 Å². The molecule has 0 N–H and O–H groups in total. The van der Waals surface area contributed by atoms with Gasteiger partial charge in [0.1, 0.15) is 11.6 Å². The maximum absolute atomic E-state index is 12.4. The zero-order chi connectivity index (χ0) is 15.5. The van der Waals surface area contributed by atoms with Gasteiger partial charge in [-0.05, 0) is 12.1 Å². The summed E-state index contributed by atoms with van der Waals surface area (Å²) in [4.78, 5) is 13.1. The van der Waals surface area contributed by atoms with Crippen molar-refractivity contribution >= 4 is 44.9 Å². The topological polar surface area (TPSA) is 40.9 Å². The molecule has 0 aliphatic heterocycles. The number of ketones is 1. The van der Waals surface area contributed by atoms with Crippen molar-refractivity contribution < 1.29 is 4.79 Å². The van der Waals surface area contributed by atoms with Crippen LogP contribution >= 0.6 is 22.9 Å². The summed E-state index contributed by atoms with van der Waals surface area (Å²) in [6, 6.07) is 18.5. The Balaban J connectivity index is 2.06. The molecule has 22 heavy (non-hydrogen) atoms. The lowest BCUT2D eigenvalue weighted by Crippen LogP contribution is -2.01. The van der Waals surface area contributed by atoms with Crippen LogP contribution in [0, 0.1) is 11.3 Å². The van der Waals surface area contributed by atoms with Crippen LogP contribution in [-0.4, -0.2) is 5.78 Å². The van der Waals surface area contributed by atoms with Crippen LogP contribution in [0.1, 0.15) is 15.2 Å². The van der Waals surface area contributed by atoms with Gasteiger partial charge in [0.05, 0.1) is 5.02 Å². The van der Waals surface area contributed by atoms with Crippen molar-refractivity contribution in [1.29, 1.82) is 5.26 Å². The molecule has 0 aliphatic rings. The highest BCUT2D eigenvalue weighted by molar-refractivity contribution is 7.20. The first-order valence-corrected chi connectivity index (χ1v) is 7.78. The summed E-state index contributed by atoms with van der Waals surface area (Å²) in [5.74, 6) is -0.295. The highest BCUT2D eigenvalue weighted by atomic mass is 35.5. The van der Waals surface area contributed by atoms with Crippen molar-refractivity contribution in [2.75, 3.05) is 0 Å². The van der Waals surface area contributed by atoms with E-state index in [4.69, 9.17) is 11.6 Å². The Kier molecular flexibility index (Phi) is 4.06. The van der Waals surface area contributed by atoms with E-state index in [1.165, 1.54) is 11.3 Å². The summed E-state index contributed by atoms with van der Waals surface area (Å²) < 4.78 is 1.03. The summed E-state index contributed by atoms with van der Waals surface area (Å²) in [5.41, 5.74) is 0.576. The zero-order valence-electron chi connectivity index (χ0n) is 11.4. The Morgan fingerprint density at radius 2 is 1.77 bits per heavy atom. The smallest absolute Gasteiger partial charge is 0.203 e. The second-order valence-corrected chi connectivity index (χ2v) is 6.10. The molecule has 0 atom stereocenters. The molecule has 2 nitrogen and oxygen atoms in total. The molecule has 0 bridgehead atoms. The molecule has 0 unspecified atom stereocenters. The van der Waals surface area contributed by atoms with Crippen LogP contribution in [-0.2, 0) is 0 Å². The van der Waals surface area contributed by atoms with Gasteiger partial charge in [0.25, 0.3) is 0 Å². The Bertz CT molecular complexity index is 919. The van der Waals surface area contributed by atoms with E-state index in [2.05, 4.69) is 0 Å². The molecule has 1 aromatic heterocycles. The molecule has 2 aromatic carbocycles. The molecule has 0 amide bonds. The molecule has 0 radical (unpaired) electrons. The van der Waals surface area contributed by atoms with Crippen molar-refractivity contribution in [3.63, 3.8) is 0 Å². The molecule has 0 saturated heterocycles. The normalized spacial score (nSPS) is 11.4. The Labute approximate surface area is 136 Å². The maximum Gasteiger partial charge on any atom is 0.203 e. The summed E-state index contributed by atoms with van der Waals surface area (Å²) in [7, 11) is 0. The molecule has 3 rings (SSSR count). The lowest BCUT2D eigenvalue weighted by Gasteiger charge is -1.98. The number of nitrogens with zero attached hydrogens (tertiary/aromatic N) is 1. The van der Waals surface area contributed by atoms with Crippen LogP contribution in [0.5, 0.6) is 0 Å². The predicted molar refractivity (Wildman–Crippen MR) is 91.2 cm³/mol. The highest BCUT2D eigenvalue weighted by Gasteiger charge is 2.14. The molecule has 0 spiro atoms. The summed E-state index contributed by atoms with van der Waals surface area (Å²) >= 11 is 7.82. The number of fused-ring (bicyclic) bond motifs is 1. The highest BCUT2D eigenvalue weighted by Crippen LogP contribution is 2.36. The van der Waals surface area contributed by atoms with Gasteiger partial charge < -0.3 is 0 Å². The summed E-state index contributed by atoms with van der Waals surface area (Å²) in [5, 5.41) is 10.8. The molecule has 106 valence electrons. The van der Waals surface area contributed by atoms with Gasteiger partial charge in [0.15, 0.2) is 0 Å². The molecule has 0 aliphatic carbocycles. The monoisotopic (exact) mass is 323 g/mol. The van der Waals surface area contributed by atoms with Crippen molar-refractivity contribution in [3.8, 4) is 6.07 Å². The quantitative estimate of drug-likeness (QED) is 0.370. The van der Waals surface area contributed by atoms with Gasteiger partial charge in [0, 0.05) is 20.5 Å². The van der Waals surface area contributed by atoms with Gasteiger partial charge >= 0.3 is 0 Å². The van der Waals surface area contributed by atoms with Crippen LogP contribution in [0.25, 0.3) is 16.2 Å². The van der Waals surface area contributed by atoms with Crippen LogP contribution in [0.2, 0.25) is 5.02 Å². The molecular formula is C18H10ClNOS. The van der Waals surface area contributed by atoms with E-state index in [0.717, 1.165) is 15.0 Å². The number of hydrogen-bond donors (Lipinski definition) is 0. The first kappa shape index (κ1) is 14.5. The number of hydrogen-bond acceptors (Lipinski definition) is 3. The minimum atomic E-state index is -0.295. The van der Waals surface area contributed by atoms with Crippen molar-refractivity contribution in [2.45, 2.75) is 0 Å². The SMILES string of the molecule is N#C/C(=C\c1sc2ccccc2c1Cl)C(=O)c1ccccc1. The third-order valence-electron chi connectivity index (χ3n) is 3.24. The van der Waals surface area contributed by atoms with E-state index in [1.807, 2.05) is 36.4 Å². The first-order chi connectivity index (χ1) is 10.7. The zero-order valence-corrected chi connectivity index (χ0v) is 13.0. The van der Waals surface area contributed by atoms with Gasteiger partial charge in [-0.1, -0.05) is 60.1 Å². The second kappa shape index (κ2) is 6.15. The van der Waals surface area contributed by atoms with Gasteiger partial charge in [0.2, 0.25) is 5.78 Å². The standard InChI is InChI=1S/C18H10ClNOS/c19-17-14-8-4-5-9-15(14)22-16(17)10-13(11-20)18(21)12-6-2-1-3-7-12/h1-10H/b13-10+. The largest absolute Gasteiger partial charge is 0.288 e. The van der Waals surface area contributed by atoms with Crippen molar-refractivity contribution in [2.24, 2.45) is 0 Å². The predicted octanol–water partition coefficient (Wildman–Crippen LogP) is 5.34. The number of carbonyl (C=O) groups is 1. The minimum absolute atomic E-state index is 0.0830. The van der Waals surface area contributed by atoms with E-state index < -0.39 is 0 Å². The molecular weight excluding hydrogens is 314 g/mol. The van der Waals surface area contributed by atoms with Gasteiger partial charge in [-0.15, -0.1) is 11.3 Å². The molecule has 1 heterocycles. The molecule has 0 saturated carbocycles. The minimum Gasteiger partial charge on any atom is -0.288 e. The van der Waals surface area contributed by atoms with E-state index in [0.29, 0.717) is 10.6 Å². The summed E-state index contributed by atoms with van der Waals surface area (Å²) in [6.45, 7) is 0. The molecule has 3 aromatic rings. The number of Topliss-reactive ketones (excluding diaryl/α,β-unsaturated/α-hetero) is 1. The van der Waals surface area contributed by atoms with Crippen LogP contribution in [0.15, 0.2) is 60.2 Å². The van der Waals surface area contributed by atoms with E-state index in [9.17, 15) is 10.1 Å². The second-order valence-electron chi connectivity index (χ2n) is 4.64. The third kappa shape index (κ3) is 2.67. The van der Waals surface area contributed by atoms with Crippen LogP contribution < -0.4 is 0 Å². The van der Waals surface area contributed by atoms with E-state index >= 15 is 0 Å². The number of benzene rings is 2. The fourth-order valence-corrected chi connectivity index (χ4v) is 3.58. The average molecular weight is 324 g/mol. The molecule has 0 fully saturated rings. The average Bonchev–Trinajstić information content (AvgIpc) is 2.89. The number of allylic oxidation sites excluding steroid dienone is 1. The van der Waals surface area contributed by atoms with Crippen molar-refractivity contribution in [1.82, 2.24) is 0 Å². The Hall–Kier alpha value is -2.41. The van der Waals surface area contributed by atoms with Crippen LogP contribution in [0.3, 0.4) is 0 Å². The third-order valence-corrected chi connectivity index (χ3v) is 4.87. The number of nitriles is 1. The number of rotatable bonds is 3. The number of halogens is 1. The van der Waals surface area contributed by atoms with E-state index in [1.54, 1.807) is 30.3 Å². The van der Waals surface area contributed by atoms with Crippen LogP contribution in [0.4, 0.5) is 0 Å². The Morgan fingerprint density at radius 3 is 2.45 bits per heavy atom. The van der Waals surface area contributed by atoms with Crippen molar-refractivity contribution in [3.05, 3.63) is 75.6 Å².